The van der Waals surface area contributed by atoms with E-state index in [2.05, 4.69) is 10.1 Å². The Morgan fingerprint density at radius 2 is 1.46 bits per heavy atom. The van der Waals surface area contributed by atoms with Crippen LogP contribution in [0.4, 0.5) is 13.2 Å². The molecule has 1 amide bonds. The third-order valence-electron chi connectivity index (χ3n) is 3.24. The number of amides is 1. The van der Waals surface area contributed by atoms with Crippen LogP contribution in [0.3, 0.4) is 0 Å². The van der Waals surface area contributed by atoms with Crippen LogP contribution in [0.15, 0.2) is 48.5 Å². The van der Waals surface area contributed by atoms with E-state index in [0.29, 0.717) is 11.5 Å². The minimum Gasteiger partial charge on any atom is -0.497 e. The molecule has 140 valence electrons. The normalized spacial score (nSPS) is 10.9. The number of carbonyl (C=O) groups is 1. The van der Waals surface area contributed by atoms with Gasteiger partial charge in [0.2, 0.25) is 0 Å². The molecular weight excluding hydrogens is 351 g/mol. The van der Waals surface area contributed by atoms with Gasteiger partial charge in [0.1, 0.15) is 17.2 Å². The molecule has 0 heterocycles. The highest BCUT2D eigenvalue weighted by atomic mass is 19.4. The molecule has 2 rings (SSSR count). The number of benzene rings is 2. The summed E-state index contributed by atoms with van der Waals surface area (Å²) < 4.78 is 51.2. The van der Waals surface area contributed by atoms with Crippen molar-refractivity contribution in [3.05, 3.63) is 54.1 Å². The predicted molar refractivity (Wildman–Crippen MR) is 88.3 cm³/mol. The summed E-state index contributed by atoms with van der Waals surface area (Å²) in [5, 5.41) is 2.66. The van der Waals surface area contributed by atoms with E-state index in [9.17, 15) is 18.0 Å². The number of nitrogens with one attached hydrogen (secondary N) is 1. The molecule has 2 aromatic carbocycles. The van der Waals surface area contributed by atoms with Crippen LogP contribution in [-0.2, 0) is 11.3 Å². The second kappa shape index (κ2) is 8.98. The first-order valence-corrected chi connectivity index (χ1v) is 7.68. The van der Waals surface area contributed by atoms with Crippen LogP contribution in [0.2, 0.25) is 0 Å². The Kier molecular flexibility index (Phi) is 6.71. The standard InChI is InChI=1S/C18H18F3NO4/c1-24-14-6-8-15(9-7-14)25-11-17(23)22-10-13-2-4-16(5-3-13)26-12-18(19,20)21/h2-9H,10-12H2,1H3,(H,22,23). The number of halogens is 3. The van der Waals surface area contributed by atoms with Gasteiger partial charge in [-0.1, -0.05) is 12.1 Å². The molecule has 0 aliphatic rings. The van der Waals surface area contributed by atoms with Crippen molar-refractivity contribution in [1.82, 2.24) is 5.32 Å². The van der Waals surface area contributed by atoms with E-state index in [1.807, 2.05) is 0 Å². The van der Waals surface area contributed by atoms with E-state index in [0.717, 1.165) is 5.56 Å². The Hall–Kier alpha value is -2.90. The minimum atomic E-state index is -4.38. The molecular formula is C18H18F3NO4. The third kappa shape index (κ3) is 6.92. The average molecular weight is 369 g/mol. The third-order valence-corrected chi connectivity index (χ3v) is 3.24. The topological polar surface area (TPSA) is 56.8 Å². The maximum atomic E-state index is 12.1. The van der Waals surface area contributed by atoms with Crippen LogP contribution in [-0.4, -0.2) is 32.4 Å². The summed E-state index contributed by atoms with van der Waals surface area (Å²) in [6.45, 7) is -1.27. The maximum Gasteiger partial charge on any atom is 0.422 e. The molecule has 0 bridgehead atoms. The van der Waals surface area contributed by atoms with Crippen molar-refractivity contribution in [1.29, 1.82) is 0 Å². The highest BCUT2D eigenvalue weighted by Crippen LogP contribution is 2.19. The second-order valence-electron chi connectivity index (χ2n) is 5.29. The first kappa shape index (κ1) is 19.4. The molecule has 26 heavy (non-hydrogen) atoms. The Labute approximate surface area is 148 Å². The fraction of sp³-hybridized carbons (Fsp3) is 0.278. The smallest absolute Gasteiger partial charge is 0.422 e. The van der Waals surface area contributed by atoms with Crippen molar-refractivity contribution in [2.24, 2.45) is 0 Å². The molecule has 0 aliphatic carbocycles. The zero-order chi connectivity index (χ0) is 19.0. The quantitative estimate of drug-likeness (QED) is 0.776. The van der Waals surface area contributed by atoms with Gasteiger partial charge in [-0.15, -0.1) is 0 Å². The van der Waals surface area contributed by atoms with Crippen molar-refractivity contribution < 1.29 is 32.2 Å². The molecule has 8 heteroatoms. The van der Waals surface area contributed by atoms with Crippen molar-refractivity contribution in [3.63, 3.8) is 0 Å². The van der Waals surface area contributed by atoms with E-state index >= 15 is 0 Å². The zero-order valence-electron chi connectivity index (χ0n) is 14.0. The van der Waals surface area contributed by atoms with E-state index in [-0.39, 0.29) is 24.8 Å². The van der Waals surface area contributed by atoms with Crippen molar-refractivity contribution in [3.8, 4) is 17.2 Å². The van der Waals surface area contributed by atoms with E-state index in [1.54, 1.807) is 43.5 Å². The SMILES string of the molecule is COc1ccc(OCC(=O)NCc2ccc(OCC(F)(F)F)cc2)cc1. The second-order valence-corrected chi connectivity index (χ2v) is 5.29. The molecule has 0 aliphatic heterocycles. The summed E-state index contributed by atoms with van der Waals surface area (Å²) in [6, 6.07) is 12.8. The lowest BCUT2D eigenvalue weighted by Gasteiger charge is -2.10. The molecule has 5 nitrogen and oxygen atoms in total. The maximum absolute atomic E-state index is 12.1. The molecule has 0 saturated heterocycles. The van der Waals surface area contributed by atoms with Gasteiger partial charge in [0.25, 0.3) is 5.91 Å². The lowest BCUT2D eigenvalue weighted by molar-refractivity contribution is -0.153. The lowest BCUT2D eigenvalue weighted by Crippen LogP contribution is -2.28. The number of methoxy groups -OCH3 is 1. The predicted octanol–water partition coefficient (Wildman–Crippen LogP) is 3.33. The Morgan fingerprint density at radius 3 is 2.04 bits per heavy atom. The van der Waals surface area contributed by atoms with Crippen molar-refractivity contribution in [2.45, 2.75) is 12.7 Å². The molecule has 1 N–H and O–H groups in total. The molecule has 0 atom stereocenters. The van der Waals surface area contributed by atoms with E-state index < -0.39 is 12.8 Å². The highest BCUT2D eigenvalue weighted by molar-refractivity contribution is 5.77. The summed E-state index contributed by atoms with van der Waals surface area (Å²) >= 11 is 0. The molecule has 2 aromatic rings. The monoisotopic (exact) mass is 369 g/mol. The Morgan fingerprint density at radius 1 is 0.923 bits per heavy atom. The van der Waals surface area contributed by atoms with Gasteiger partial charge in [0.05, 0.1) is 7.11 Å². The van der Waals surface area contributed by atoms with Gasteiger partial charge in [-0.25, -0.2) is 0 Å². The summed E-state index contributed by atoms with van der Waals surface area (Å²) in [4.78, 5) is 11.8. The molecule has 0 aromatic heterocycles. The fourth-order valence-corrected chi connectivity index (χ4v) is 1.94. The number of ether oxygens (including phenoxy) is 3. The Balaban J connectivity index is 1.72. The van der Waals surface area contributed by atoms with Crippen LogP contribution < -0.4 is 19.5 Å². The molecule has 0 unspecified atom stereocenters. The zero-order valence-corrected chi connectivity index (χ0v) is 14.0. The van der Waals surface area contributed by atoms with Crippen molar-refractivity contribution in [2.75, 3.05) is 20.3 Å². The van der Waals surface area contributed by atoms with Gasteiger partial charge >= 0.3 is 6.18 Å². The van der Waals surface area contributed by atoms with Gasteiger partial charge < -0.3 is 19.5 Å². The number of carbonyl (C=O) groups excluding carboxylic acids is 1. The van der Waals surface area contributed by atoms with Gasteiger partial charge in [-0.05, 0) is 42.0 Å². The van der Waals surface area contributed by atoms with Crippen LogP contribution in [0.5, 0.6) is 17.2 Å². The molecule has 0 saturated carbocycles. The summed E-state index contributed by atoms with van der Waals surface area (Å²) in [5.41, 5.74) is 0.724. The largest absolute Gasteiger partial charge is 0.497 e. The number of hydrogen-bond acceptors (Lipinski definition) is 4. The van der Waals surface area contributed by atoms with Crippen molar-refractivity contribution >= 4 is 5.91 Å². The lowest BCUT2D eigenvalue weighted by atomic mass is 10.2. The Bertz CT molecular complexity index is 700. The van der Waals surface area contributed by atoms with Crippen LogP contribution in [0.1, 0.15) is 5.56 Å². The summed E-state index contributed by atoms with van der Waals surface area (Å²) in [7, 11) is 1.55. The first-order valence-electron chi connectivity index (χ1n) is 7.68. The number of alkyl halides is 3. The van der Waals surface area contributed by atoms with Crippen LogP contribution in [0.25, 0.3) is 0 Å². The summed E-state index contributed by atoms with van der Waals surface area (Å²) in [6.07, 6.45) is -4.38. The summed E-state index contributed by atoms with van der Waals surface area (Å²) in [5.74, 6) is 1.01. The van der Waals surface area contributed by atoms with Crippen LogP contribution >= 0.6 is 0 Å². The van der Waals surface area contributed by atoms with Gasteiger partial charge in [0.15, 0.2) is 13.2 Å². The van der Waals surface area contributed by atoms with Crippen LogP contribution in [0, 0.1) is 0 Å². The molecule has 0 radical (unpaired) electrons. The fourth-order valence-electron chi connectivity index (χ4n) is 1.94. The number of hydrogen-bond donors (Lipinski definition) is 1. The number of rotatable bonds is 8. The average Bonchev–Trinajstić information content (AvgIpc) is 2.63. The first-order chi connectivity index (χ1) is 12.4. The van der Waals surface area contributed by atoms with E-state index in [4.69, 9.17) is 9.47 Å². The molecule has 0 spiro atoms. The minimum absolute atomic E-state index is 0.111. The highest BCUT2D eigenvalue weighted by Gasteiger charge is 2.28. The van der Waals surface area contributed by atoms with Gasteiger partial charge in [0, 0.05) is 6.54 Å². The van der Waals surface area contributed by atoms with Gasteiger partial charge in [-0.3, -0.25) is 4.79 Å². The molecule has 0 fully saturated rings. The van der Waals surface area contributed by atoms with E-state index in [1.165, 1.54) is 12.1 Å². The van der Waals surface area contributed by atoms with Gasteiger partial charge in [-0.2, -0.15) is 13.2 Å².